The second kappa shape index (κ2) is 6.75. The van der Waals surface area contributed by atoms with Gasteiger partial charge in [-0.15, -0.1) is 0 Å². The zero-order chi connectivity index (χ0) is 16.4. The third kappa shape index (κ3) is 2.95. The minimum absolute atomic E-state index is 0.178. The van der Waals surface area contributed by atoms with E-state index in [2.05, 4.69) is 4.90 Å². The molecule has 4 heteroatoms. The van der Waals surface area contributed by atoms with Gasteiger partial charge in [0, 0.05) is 19.6 Å². The van der Waals surface area contributed by atoms with E-state index in [9.17, 15) is 4.79 Å². The van der Waals surface area contributed by atoms with E-state index < -0.39 is 0 Å². The van der Waals surface area contributed by atoms with Crippen LogP contribution >= 0.6 is 0 Å². The average Bonchev–Trinajstić information content (AvgIpc) is 2.65. The summed E-state index contributed by atoms with van der Waals surface area (Å²) in [6.45, 7) is 3.90. The van der Waals surface area contributed by atoms with Crippen LogP contribution in [0.4, 0.5) is 0 Å². The minimum Gasteiger partial charge on any atom is -0.484 e. The topological polar surface area (TPSA) is 38.8 Å². The summed E-state index contributed by atoms with van der Waals surface area (Å²) in [5.74, 6) is 0.673. The number of carbonyl (C=O) groups is 1. The van der Waals surface area contributed by atoms with Crippen molar-refractivity contribution in [3.8, 4) is 5.75 Å². The van der Waals surface area contributed by atoms with Gasteiger partial charge in [0.2, 0.25) is 0 Å². The van der Waals surface area contributed by atoms with E-state index in [1.807, 2.05) is 54.6 Å². The number of morpholine rings is 1. The Kier molecular flexibility index (Phi) is 4.32. The van der Waals surface area contributed by atoms with Gasteiger partial charge in [-0.05, 0) is 17.7 Å². The number of hydrogen-bond donors (Lipinski definition) is 0. The Hall–Kier alpha value is -2.17. The zero-order valence-electron chi connectivity index (χ0n) is 13.6. The van der Waals surface area contributed by atoms with Gasteiger partial charge in [-0.25, -0.2) is 0 Å². The van der Waals surface area contributed by atoms with Crippen LogP contribution in [0.25, 0.3) is 0 Å². The highest BCUT2D eigenvalue weighted by Gasteiger charge is 2.39. The fraction of sp³-hybridized carbons (Fsp3) is 0.350. The molecule has 124 valence electrons. The van der Waals surface area contributed by atoms with Crippen LogP contribution in [0.3, 0.4) is 0 Å². The first-order valence-corrected chi connectivity index (χ1v) is 8.48. The van der Waals surface area contributed by atoms with E-state index in [1.54, 1.807) is 0 Å². The fourth-order valence-electron chi connectivity index (χ4n) is 3.51. The van der Waals surface area contributed by atoms with Crippen LogP contribution in [0.15, 0.2) is 54.6 Å². The van der Waals surface area contributed by atoms with Gasteiger partial charge in [-0.2, -0.15) is 0 Å². The molecule has 2 atom stereocenters. The lowest BCUT2D eigenvalue weighted by Gasteiger charge is -2.37. The molecule has 0 spiro atoms. The van der Waals surface area contributed by atoms with Gasteiger partial charge in [0.1, 0.15) is 11.9 Å². The quantitative estimate of drug-likeness (QED) is 0.870. The summed E-state index contributed by atoms with van der Waals surface area (Å²) < 4.78 is 11.7. The van der Waals surface area contributed by atoms with Crippen LogP contribution in [0.5, 0.6) is 5.75 Å². The minimum atomic E-state index is -0.239. The van der Waals surface area contributed by atoms with Crippen LogP contribution < -0.4 is 4.74 Å². The van der Waals surface area contributed by atoms with E-state index in [0.717, 1.165) is 31.9 Å². The molecule has 24 heavy (non-hydrogen) atoms. The Morgan fingerprint density at radius 1 is 0.958 bits per heavy atom. The van der Waals surface area contributed by atoms with Crippen molar-refractivity contribution in [1.29, 1.82) is 0 Å². The van der Waals surface area contributed by atoms with E-state index in [1.165, 1.54) is 0 Å². The van der Waals surface area contributed by atoms with Crippen LogP contribution in [0.2, 0.25) is 0 Å². The number of rotatable bonds is 3. The SMILES string of the molecule is O=C1c2ccccc2OC(c2ccccc2)C1CN1CCOCC1. The lowest BCUT2D eigenvalue weighted by molar-refractivity contribution is 0.0137. The summed E-state index contributed by atoms with van der Waals surface area (Å²) in [6.07, 6.45) is -0.239. The van der Waals surface area contributed by atoms with Gasteiger partial charge >= 0.3 is 0 Å². The number of ketones is 1. The molecule has 2 aliphatic heterocycles. The molecule has 0 amide bonds. The van der Waals surface area contributed by atoms with E-state index in [-0.39, 0.29) is 17.8 Å². The Bertz CT molecular complexity index is 710. The van der Waals surface area contributed by atoms with Gasteiger partial charge in [0.05, 0.1) is 24.7 Å². The maximum atomic E-state index is 13.1. The molecule has 2 aliphatic rings. The van der Waals surface area contributed by atoms with Gasteiger partial charge in [0.15, 0.2) is 5.78 Å². The molecule has 0 aliphatic carbocycles. The number of Topliss-reactive ketones (excluding diaryl/α,β-unsaturated/α-hetero) is 1. The first-order chi connectivity index (χ1) is 11.8. The van der Waals surface area contributed by atoms with E-state index in [0.29, 0.717) is 17.9 Å². The number of carbonyl (C=O) groups excluding carboxylic acids is 1. The van der Waals surface area contributed by atoms with Crippen LogP contribution in [-0.2, 0) is 4.74 Å². The van der Waals surface area contributed by atoms with Gasteiger partial charge in [-0.1, -0.05) is 42.5 Å². The molecule has 1 saturated heterocycles. The summed E-state index contributed by atoms with van der Waals surface area (Å²) in [7, 11) is 0. The van der Waals surface area contributed by atoms with Crippen LogP contribution in [-0.4, -0.2) is 43.5 Å². The second-order valence-corrected chi connectivity index (χ2v) is 6.33. The normalized spacial score (nSPS) is 24.2. The van der Waals surface area contributed by atoms with Gasteiger partial charge in [0.25, 0.3) is 0 Å². The summed E-state index contributed by atoms with van der Waals surface area (Å²) >= 11 is 0. The van der Waals surface area contributed by atoms with Gasteiger partial charge in [-0.3, -0.25) is 9.69 Å². The summed E-state index contributed by atoms with van der Waals surface area (Å²) in [5.41, 5.74) is 1.75. The first kappa shape index (κ1) is 15.4. The monoisotopic (exact) mass is 323 g/mol. The highest BCUT2D eigenvalue weighted by Crippen LogP contribution is 2.39. The molecule has 2 aromatic rings. The molecule has 0 radical (unpaired) electrons. The Morgan fingerprint density at radius 2 is 1.67 bits per heavy atom. The summed E-state index contributed by atoms with van der Waals surface area (Å²) in [4.78, 5) is 15.4. The standard InChI is InChI=1S/C20H21NO3/c22-19-16-8-4-5-9-18(16)24-20(15-6-2-1-3-7-15)17(19)14-21-10-12-23-13-11-21/h1-9,17,20H,10-14H2. The smallest absolute Gasteiger partial charge is 0.175 e. The fourth-order valence-corrected chi connectivity index (χ4v) is 3.51. The first-order valence-electron chi connectivity index (χ1n) is 8.48. The molecular weight excluding hydrogens is 302 g/mol. The van der Waals surface area contributed by atoms with E-state index >= 15 is 0 Å². The Balaban J connectivity index is 1.67. The maximum absolute atomic E-state index is 13.1. The number of ether oxygens (including phenoxy) is 2. The van der Waals surface area contributed by atoms with Crippen molar-refractivity contribution >= 4 is 5.78 Å². The third-order valence-corrected chi connectivity index (χ3v) is 4.80. The number of hydrogen-bond acceptors (Lipinski definition) is 4. The predicted octanol–water partition coefficient (Wildman–Crippen LogP) is 2.95. The third-order valence-electron chi connectivity index (χ3n) is 4.80. The molecule has 0 bridgehead atoms. The Labute approximate surface area is 142 Å². The van der Waals surface area contributed by atoms with Crippen LogP contribution in [0, 0.1) is 5.92 Å². The molecular formula is C20H21NO3. The van der Waals surface area contributed by atoms with E-state index in [4.69, 9.17) is 9.47 Å². The molecule has 1 fully saturated rings. The average molecular weight is 323 g/mol. The summed E-state index contributed by atoms with van der Waals surface area (Å²) in [5, 5.41) is 0. The molecule has 2 unspecified atom stereocenters. The van der Waals surface area contributed by atoms with Crippen LogP contribution in [0.1, 0.15) is 22.0 Å². The highest BCUT2D eigenvalue weighted by molar-refractivity contribution is 6.01. The molecule has 4 nitrogen and oxygen atoms in total. The molecule has 4 rings (SSSR count). The highest BCUT2D eigenvalue weighted by atomic mass is 16.5. The van der Waals surface area contributed by atoms with Crippen molar-refractivity contribution in [2.75, 3.05) is 32.8 Å². The number of nitrogens with zero attached hydrogens (tertiary/aromatic N) is 1. The number of para-hydroxylation sites is 1. The lowest BCUT2D eigenvalue weighted by Crippen LogP contribution is -2.44. The predicted molar refractivity (Wildman–Crippen MR) is 91.3 cm³/mol. The number of fused-ring (bicyclic) bond motifs is 1. The summed E-state index contributed by atoms with van der Waals surface area (Å²) in [6, 6.07) is 17.6. The van der Waals surface area contributed by atoms with Crippen molar-refractivity contribution < 1.29 is 14.3 Å². The van der Waals surface area contributed by atoms with Crippen molar-refractivity contribution in [2.24, 2.45) is 5.92 Å². The van der Waals surface area contributed by atoms with Crippen molar-refractivity contribution in [3.05, 3.63) is 65.7 Å². The van der Waals surface area contributed by atoms with Gasteiger partial charge < -0.3 is 9.47 Å². The van der Waals surface area contributed by atoms with Crippen molar-refractivity contribution in [1.82, 2.24) is 4.90 Å². The number of benzene rings is 2. The molecule has 0 saturated carbocycles. The second-order valence-electron chi connectivity index (χ2n) is 6.33. The largest absolute Gasteiger partial charge is 0.484 e. The van der Waals surface area contributed by atoms with Crippen molar-refractivity contribution in [2.45, 2.75) is 6.10 Å². The molecule has 0 N–H and O–H groups in total. The Morgan fingerprint density at radius 3 is 2.46 bits per heavy atom. The van der Waals surface area contributed by atoms with Crippen molar-refractivity contribution in [3.63, 3.8) is 0 Å². The maximum Gasteiger partial charge on any atom is 0.175 e. The molecule has 2 aromatic carbocycles. The zero-order valence-corrected chi connectivity index (χ0v) is 13.6. The molecule has 2 heterocycles. The molecule has 0 aromatic heterocycles. The lowest BCUT2D eigenvalue weighted by atomic mass is 9.85.